The van der Waals surface area contributed by atoms with Gasteiger partial charge >= 0.3 is 5.97 Å². The number of carbonyl (C=O) groups excluding carboxylic acids is 2. The van der Waals surface area contributed by atoms with E-state index in [0.29, 0.717) is 19.4 Å². The minimum absolute atomic E-state index is 0.0208. The number of esters is 1. The fraction of sp³-hybridized carbons (Fsp3) is 0.857. The van der Waals surface area contributed by atoms with Gasteiger partial charge in [-0.3, -0.25) is 9.59 Å². The molecule has 0 saturated heterocycles. The van der Waals surface area contributed by atoms with Crippen molar-refractivity contribution in [2.75, 3.05) is 13.2 Å². The molecule has 0 aliphatic carbocycles. The molecule has 1 amide bonds. The Morgan fingerprint density at radius 3 is 1.16 bits per heavy atom. The summed E-state index contributed by atoms with van der Waals surface area (Å²) in [6, 6.07) is -0.640. The molecule has 0 bridgehead atoms. The van der Waals surface area contributed by atoms with Crippen molar-refractivity contribution in [2.24, 2.45) is 0 Å². The van der Waals surface area contributed by atoms with E-state index in [2.05, 4.69) is 43.5 Å². The predicted octanol–water partition coefficient (Wildman–Crippen LogP) is 16.5. The van der Waals surface area contributed by atoms with E-state index in [1.54, 1.807) is 6.08 Å². The third-order valence-corrected chi connectivity index (χ3v) is 12.4. The van der Waals surface area contributed by atoms with Crippen LogP contribution in [0.5, 0.6) is 0 Å². The van der Waals surface area contributed by atoms with Gasteiger partial charge in [0, 0.05) is 12.8 Å². The van der Waals surface area contributed by atoms with Crippen molar-refractivity contribution in [3.05, 3.63) is 36.5 Å². The maximum atomic E-state index is 12.4. The first kappa shape index (κ1) is 60.1. The van der Waals surface area contributed by atoms with Gasteiger partial charge in [0.15, 0.2) is 0 Å². The minimum Gasteiger partial charge on any atom is -0.466 e. The van der Waals surface area contributed by atoms with Crippen molar-refractivity contribution in [2.45, 2.75) is 296 Å². The van der Waals surface area contributed by atoms with Crippen LogP contribution in [0.1, 0.15) is 284 Å². The van der Waals surface area contributed by atoms with Crippen molar-refractivity contribution in [1.82, 2.24) is 5.32 Å². The molecule has 2 atom stereocenters. The molecule has 0 fully saturated rings. The van der Waals surface area contributed by atoms with E-state index in [9.17, 15) is 19.8 Å². The Morgan fingerprint density at radius 2 is 0.758 bits per heavy atom. The van der Waals surface area contributed by atoms with Crippen LogP contribution in [0.25, 0.3) is 0 Å². The smallest absolute Gasteiger partial charge is 0.305 e. The Morgan fingerprint density at radius 1 is 0.435 bits per heavy atom. The SMILES string of the molecule is CCCCCC/C=C\CCCCCCCC(=O)OCCCCCC/C=C\CCCCCCCCCC(=O)NC(CO)C(O)/C=C/CCCCCCCCCCCCCCCCC. The fourth-order valence-electron chi connectivity index (χ4n) is 8.15. The first-order chi connectivity index (χ1) is 30.5. The Balaban J connectivity index is 3.52. The lowest BCUT2D eigenvalue weighted by molar-refractivity contribution is -0.143. The molecule has 0 spiro atoms. The summed E-state index contributed by atoms with van der Waals surface area (Å²) in [5, 5.41) is 23.1. The van der Waals surface area contributed by atoms with Gasteiger partial charge in [-0.05, 0) is 83.5 Å². The Labute approximate surface area is 385 Å². The van der Waals surface area contributed by atoms with Crippen LogP contribution in [0.2, 0.25) is 0 Å². The number of aliphatic hydroxyl groups is 2. The average Bonchev–Trinajstić information content (AvgIpc) is 3.27. The molecule has 0 aliphatic heterocycles. The number of rotatable bonds is 50. The van der Waals surface area contributed by atoms with Crippen molar-refractivity contribution in [1.29, 1.82) is 0 Å². The van der Waals surface area contributed by atoms with Crippen LogP contribution in [0.4, 0.5) is 0 Å². The molecule has 0 radical (unpaired) electrons. The molecule has 0 aromatic rings. The first-order valence-corrected chi connectivity index (χ1v) is 27.3. The van der Waals surface area contributed by atoms with E-state index >= 15 is 0 Å². The highest BCUT2D eigenvalue weighted by Gasteiger charge is 2.18. The largest absolute Gasteiger partial charge is 0.466 e. The normalized spacial score (nSPS) is 12.9. The summed E-state index contributed by atoms with van der Waals surface area (Å²) in [6.45, 7) is 4.85. The van der Waals surface area contributed by atoms with Gasteiger partial charge in [-0.15, -0.1) is 0 Å². The summed E-state index contributed by atoms with van der Waals surface area (Å²) in [7, 11) is 0. The van der Waals surface area contributed by atoms with Gasteiger partial charge in [0.05, 0.1) is 25.4 Å². The van der Waals surface area contributed by atoms with E-state index < -0.39 is 12.1 Å². The zero-order valence-electron chi connectivity index (χ0n) is 41.4. The summed E-state index contributed by atoms with van der Waals surface area (Å²) in [6.07, 6.45) is 62.9. The van der Waals surface area contributed by atoms with E-state index in [0.717, 1.165) is 70.6 Å². The number of unbranched alkanes of at least 4 members (excludes halogenated alkanes) is 35. The zero-order valence-corrected chi connectivity index (χ0v) is 41.4. The van der Waals surface area contributed by atoms with Gasteiger partial charge < -0.3 is 20.3 Å². The van der Waals surface area contributed by atoms with Gasteiger partial charge in [0.25, 0.3) is 0 Å². The standard InChI is InChI=1S/C56H105NO5/c1-3-5-7-9-11-13-15-17-18-19-21-25-28-32-36-40-44-48-54(59)53(52-58)57-55(60)49-45-41-37-33-29-26-22-20-23-27-31-35-39-43-47-51-62-56(61)50-46-42-38-34-30-24-16-14-12-10-8-6-4-2/h14,16,23,27,44,48,53-54,58-59H,3-13,15,17-22,24-26,28-43,45-47,49-52H2,1-2H3,(H,57,60)/b16-14-,27-23-,48-44+. The number of ether oxygens (including phenoxy) is 1. The second kappa shape index (κ2) is 51.7. The van der Waals surface area contributed by atoms with Crippen LogP contribution in [-0.2, 0) is 14.3 Å². The van der Waals surface area contributed by atoms with E-state index in [-0.39, 0.29) is 18.5 Å². The molecule has 6 heteroatoms. The summed E-state index contributed by atoms with van der Waals surface area (Å²) >= 11 is 0. The maximum Gasteiger partial charge on any atom is 0.305 e. The second-order valence-electron chi connectivity index (χ2n) is 18.5. The molecule has 6 nitrogen and oxygen atoms in total. The fourth-order valence-corrected chi connectivity index (χ4v) is 8.15. The van der Waals surface area contributed by atoms with Crippen LogP contribution < -0.4 is 5.32 Å². The van der Waals surface area contributed by atoms with Crippen molar-refractivity contribution >= 4 is 11.9 Å². The quantitative estimate of drug-likeness (QED) is 0.0321. The third-order valence-electron chi connectivity index (χ3n) is 12.4. The second-order valence-corrected chi connectivity index (χ2v) is 18.5. The highest BCUT2D eigenvalue weighted by atomic mass is 16.5. The molecular weight excluding hydrogens is 767 g/mol. The molecule has 364 valence electrons. The average molecular weight is 872 g/mol. The van der Waals surface area contributed by atoms with Crippen molar-refractivity contribution in [3.8, 4) is 0 Å². The van der Waals surface area contributed by atoms with Crippen LogP contribution in [-0.4, -0.2) is 47.4 Å². The van der Waals surface area contributed by atoms with Crippen molar-refractivity contribution < 1.29 is 24.5 Å². The highest BCUT2D eigenvalue weighted by Crippen LogP contribution is 2.15. The number of carbonyl (C=O) groups is 2. The van der Waals surface area contributed by atoms with Crippen LogP contribution >= 0.6 is 0 Å². The predicted molar refractivity (Wildman–Crippen MR) is 269 cm³/mol. The molecule has 2 unspecified atom stereocenters. The molecule has 0 aliphatic rings. The number of hydrogen-bond donors (Lipinski definition) is 3. The molecule has 0 aromatic carbocycles. The zero-order chi connectivity index (χ0) is 45.1. The number of amides is 1. The maximum absolute atomic E-state index is 12.4. The number of nitrogens with one attached hydrogen (secondary N) is 1. The van der Waals surface area contributed by atoms with Gasteiger partial charge in [-0.25, -0.2) is 0 Å². The molecule has 0 heterocycles. The summed E-state index contributed by atoms with van der Waals surface area (Å²) in [5.74, 6) is -0.104. The molecule has 0 aromatic heterocycles. The first-order valence-electron chi connectivity index (χ1n) is 27.3. The van der Waals surface area contributed by atoms with E-state index in [4.69, 9.17) is 4.74 Å². The Kier molecular flexibility index (Phi) is 50.1. The van der Waals surface area contributed by atoms with Gasteiger partial charge in [0.1, 0.15) is 0 Å². The Bertz CT molecular complexity index is 1010. The monoisotopic (exact) mass is 872 g/mol. The highest BCUT2D eigenvalue weighted by molar-refractivity contribution is 5.76. The lowest BCUT2D eigenvalue weighted by Crippen LogP contribution is -2.45. The molecular formula is C56H105NO5. The van der Waals surface area contributed by atoms with Crippen molar-refractivity contribution in [3.63, 3.8) is 0 Å². The van der Waals surface area contributed by atoms with Gasteiger partial charge in [-0.1, -0.05) is 224 Å². The van der Waals surface area contributed by atoms with E-state index in [1.807, 2.05) is 6.08 Å². The summed E-state index contributed by atoms with van der Waals surface area (Å²) < 4.78 is 5.44. The van der Waals surface area contributed by atoms with Crippen LogP contribution in [0.3, 0.4) is 0 Å². The third kappa shape index (κ3) is 47.6. The number of allylic oxidation sites excluding steroid dienone is 5. The van der Waals surface area contributed by atoms with Crippen LogP contribution in [0, 0.1) is 0 Å². The molecule has 62 heavy (non-hydrogen) atoms. The van der Waals surface area contributed by atoms with Crippen LogP contribution in [0.15, 0.2) is 36.5 Å². The topological polar surface area (TPSA) is 95.9 Å². The molecule has 3 N–H and O–H groups in total. The number of hydrogen-bond acceptors (Lipinski definition) is 5. The summed E-state index contributed by atoms with van der Waals surface area (Å²) in [4.78, 5) is 24.4. The molecule has 0 saturated carbocycles. The van der Waals surface area contributed by atoms with Gasteiger partial charge in [0.2, 0.25) is 5.91 Å². The summed E-state index contributed by atoms with van der Waals surface area (Å²) in [5.41, 5.74) is 0. The lowest BCUT2D eigenvalue weighted by atomic mass is 10.0. The minimum atomic E-state index is -0.855. The van der Waals surface area contributed by atoms with E-state index in [1.165, 1.54) is 186 Å². The number of aliphatic hydroxyl groups excluding tert-OH is 2. The van der Waals surface area contributed by atoms with Gasteiger partial charge in [-0.2, -0.15) is 0 Å². The molecule has 0 rings (SSSR count). The Hall–Kier alpha value is -1.92. The lowest BCUT2D eigenvalue weighted by Gasteiger charge is -2.20.